The Balaban J connectivity index is 0.612. The lowest BCUT2D eigenvalue weighted by molar-refractivity contribution is -0.0473. The van der Waals surface area contributed by atoms with Gasteiger partial charge in [0.25, 0.3) is 0 Å². The van der Waals surface area contributed by atoms with Crippen LogP contribution in [0, 0.1) is 0 Å². The third-order valence-electron chi connectivity index (χ3n) is 22.2. The third-order valence-corrected chi connectivity index (χ3v) is 25.2. The van der Waals surface area contributed by atoms with E-state index in [9.17, 15) is 38.6 Å². The van der Waals surface area contributed by atoms with E-state index < -0.39 is 123 Å². The second-order valence-corrected chi connectivity index (χ2v) is 33.9. The normalized spacial score (nSPS) is 24.8. The Kier molecular flexibility index (Phi) is 21.0. The van der Waals surface area contributed by atoms with Crippen LogP contribution in [-0.2, 0) is 59.8 Å². The molecule has 4 aliphatic rings. The number of aliphatic hydroxyl groups excluding tert-OH is 2. The van der Waals surface area contributed by atoms with Crippen molar-refractivity contribution in [2.75, 3.05) is 64.4 Å². The molecule has 17 rings (SSSR count). The highest BCUT2D eigenvalue weighted by molar-refractivity contribution is 7.48. The van der Waals surface area contributed by atoms with Crippen LogP contribution in [0.15, 0.2) is 218 Å². The topological polar surface area (TPSA) is 251 Å². The van der Waals surface area contributed by atoms with Crippen LogP contribution >= 0.6 is 23.5 Å². The van der Waals surface area contributed by atoms with Gasteiger partial charge in [0.2, 0.25) is 0 Å². The maximum atomic E-state index is 14.9. The maximum absolute atomic E-state index is 14.9. The second kappa shape index (κ2) is 31.0. The zero-order valence-corrected chi connectivity index (χ0v) is 64.1. The minimum atomic E-state index is -5.27. The van der Waals surface area contributed by atoms with E-state index >= 15 is 0 Å². The standard InChI is InChI=1S/C88H85N2O18P3/c1-89(2)63-38-28-55(29-39-63)22-20-53-24-32-57(33-25-53)74-45-73(92)82(103-74)50-99-109(93,94)108-80-48-77(72-44-62-14-5-10-60-36-37-61-13-8-17-70(72)87(61)85(60)62)105-84(80)52-101-111(97,98)107-79-47-76(65-42-43-71-68-16-7-12-59-11-6-15-67(86(59)68)69-19-9-18-66(65)88(69)71)104-83(79)51-100-110(95,96)106-78-46-75(102-81(78)49-91)58-34-26-54(27-35-58)21-23-56-30-40-64(41-31-56)90(3)4/h5-44,73-84,91-92H,45-52H2,1-4H3,(H,93,94)(H,95,96)(H,97,98)/b22-20+,23-21+/t73-,74+,75+,76+,77+,78-,79-,80-,81+,82+,83+,84+/m0/s1. The van der Waals surface area contributed by atoms with Gasteiger partial charge in [-0.1, -0.05) is 212 Å². The maximum Gasteiger partial charge on any atom is 0.472 e. The lowest BCUT2D eigenvalue weighted by Crippen LogP contribution is -2.31. The lowest BCUT2D eigenvalue weighted by atomic mass is 9.87. The van der Waals surface area contributed by atoms with Crippen molar-refractivity contribution in [2.45, 2.75) is 98.9 Å². The van der Waals surface area contributed by atoms with E-state index in [1.807, 2.05) is 208 Å². The van der Waals surface area contributed by atoms with E-state index in [0.717, 1.165) is 126 Å². The van der Waals surface area contributed by atoms with Crippen molar-refractivity contribution >= 4 is 135 Å². The number of rotatable bonds is 26. The molecule has 0 aliphatic carbocycles. The first-order valence-electron chi connectivity index (χ1n) is 37.4. The average molecular weight is 1550 g/mol. The van der Waals surface area contributed by atoms with Gasteiger partial charge in [-0.2, -0.15) is 0 Å². The highest BCUT2D eigenvalue weighted by Crippen LogP contribution is 2.56. The van der Waals surface area contributed by atoms with Crippen molar-refractivity contribution in [3.63, 3.8) is 0 Å². The summed E-state index contributed by atoms with van der Waals surface area (Å²) in [6.45, 7) is -2.45. The molecule has 570 valence electrons. The minimum absolute atomic E-state index is 0.0425. The largest absolute Gasteiger partial charge is 0.472 e. The predicted octanol–water partition coefficient (Wildman–Crippen LogP) is 18.4. The second-order valence-electron chi connectivity index (χ2n) is 29.7. The number of anilines is 2. The first-order valence-corrected chi connectivity index (χ1v) is 41.9. The Labute approximate surface area is 642 Å². The quantitative estimate of drug-likeness (QED) is 0.0146. The Morgan fingerprint density at radius 2 is 0.730 bits per heavy atom. The number of phosphoric ester groups is 3. The van der Waals surface area contributed by atoms with Crippen molar-refractivity contribution in [1.29, 1.82) is 0 Å². The van der Waals surface area contributed by atoms with Gasteiger partial charge >= 0.3 is 23.5 Å². The van der Waals surface area contributed by atoms with E-state index in [1.165, 1.54) is 0 Å². The highest BCUT2D eigenvalue weighted by Gasteiger charge is 2.48. The van der Waals surface area contributed by atoms with Crippen LogP contribution in [0.4, 0.5) is 11.4 Å². The number of aliphatic hydroxyl groups is 2. The molecule has 4 saturated heterocycles. The number of phosphoric acid groups is 3. The zero-order valence-electron chi connectivity index (χ0n) is 61.5. The molecule has 4 aliphatic heterocycles. The first-order chi connectivity index (χ1) is 53.6. The Bertz CT molecular complexity index is 5720. The van der Waals surface area contributed by atoms with Crippen molar-refractivity contribution in [3.8, 4) is 0 Å². The van der Waals surface area contributed by atoms with Gasteiger partial charge in [0, 0.05) is 65.2 Å². The molecule has 20 nitrogen and oxygen atoms in total. The number of hydrogen-bond acceptors (Lipinski definition) is 17. The molecular formula is C88H85N2O18P3. The summed E-state index contributed by atoms with van der Waals surface area (Å²) in [6.07, 6.45) is -4.08. The van der Waals surface area contributed by atoms with Gasteiger partial charge < -0.3 is 53.6 Å². The van der Waals surface area contributed by atoms with Gasteiger partial charge in [-0.15, -0.1) is 0 Å². The first kappa shape index (κ1) is 75.1. The molecule has 0 saturated carbocycles. The van der Waals surface area contributed by atoms with Crippen molar-refractivity contribution in [1.82, 2.24) is 0 Å². The number of hydrogen-bond donors (Lipinski definition) is 5. The lowest BCUT2D eigenvalue weighted by Gasteiger charge is -2.25. The predicted molar refractivity (Wildman–Crippen MR) is 434 cm³/mol. The Morgan fingerprint density at radius 3 is 1.23 bits per heavy atom. The monoisotopic (exact) mass is 1550 g/mol. The summed E-state index contributed by atoms with van der Waals surface area (Å²) < 4.78 is 105. The number of nitrogens with zero attached hydrogens (tertiary/aromatic N) is 2. The molecule has 4 fully saturated rings. The van der Waals surface area contributed by atoms with Gasteiger partial charge in [-0.05, 0) is 150 Å². The molecule has 23 heteroatoms. The fraction of sp³-hybridized carbons (Fsp3) is 0.273. The molecule has 13 aromatic rings. The Morgan fingerprint density at radius 1 is 0.369 bits per heavy atom. The summed E-state index contributed by atoms with van der Waals surface area (Å²) in [7, 11) is -7.43. The molecule has 15 atom stereocenters. The van der Waals surface area contributed by atoms with Gasteiger partial charge in [0.05, 0.1) is 56.9 Å². The number of ether oxygens (including phenoxy) is 4. The average Bonchev–Trinajstić information content (AvgIpc) is 1.31. The summed E-state index contributed by atoms with van der Waals surface area (Å²) in [5, 5.41) is 36.0. The molecule has 0 bridgehead atoms. The van der Waals surface area contributed by atoms with Gasteiger partial charge in [0.15, 0.2) is 0 Å². The molecule has 0 radical (unpaired) electrons. The minimum Gasteiger partial charge on any atom is -0.394 e. The summed E-state index contributed by atoms with van der Waals surface area (Å²) in [6, 6.07) is 72.5. The molecule has 3 unspecified atom stereocenters. The smallest absolute Gasteiger partial charge is 0.394 e. The van der Waals surface area contributed by atoms with Gasteiger partial charge in [-0.3, -0.25) is 27.1 Å². The molecule has 13 aromatic carbocycles. The van der Waals surface area contributed by atoms with Crippen molar-refractivity contribution < 1.29 is 84.7 Å². The third kappa shape index (κ3) is 15.7. The van der Waals surface area contributed by atoms with E-state index in [1.54, 1.807) is 0 Å². The summed E-state index contributed by atoms with van der Waals surface area (Å²) >= 11 is 0. The van der Waals surface area contributed by atoms with Crippen LogP contribution in [0.2, 0.25) is 0 Å². The van der Waals surface area contributed by atoms with E-state index in [-0.39, 0.29) is 25.7 Å². The fourth-order valence-corrected chi connectivity index (χ4v) is 19.4. The highest BCUT2D eigenvalue weighted by atomic mass is 31.2. The van der Waals surface area contributed by atoms with Crippen molar-refractivity contribution in [3.05, 3.63) is 263 Å². The van der Waals surface area contributed by atoms with Crippen LogP contribution in [-0.4, -0.2) is 128 Å². The molecule has 5 N–H and O–H groups in total. The molecule has 4 heterocycles. The van der Waals surface area contributed by atoms with E-state index in [4.69, 9.17) is 46.1 Å². The number of fused-ring (bicyclic) bond motifs is 2. The van der Waals surface area contributed by atoms with Crippen LogP contribution < -0.4 is 9.80 Å². The summed E-state index contributed by atoms with van der Waals surface area (Å²) in [5.74, 6) is 0. The van der Waals surface area contributed by atoms with Gasteiger partial charge in [-0.25, -0.2) is 13.7 Å². The van der Waals surface area contributed by atoms with Crippen LogP contribution in [0.5, 0.6) is 0 Å². The molecule has 0 spiro atoms. The van der Waals surface area contributed by atoms with Crippen LogP contribution in [0.3, 0.4) is 0 Å². The molecule has 0 aromatic heterocycles. The zero-order chi connectivity index (χ0) is 76.5. The summed E-state index contributed by atoms with van der Waals surface area (Å²) in [4.78, 5) is 39.5. The molecular weight excluding hydrogens is 1470 g/mol. The fourth-order valence-electron chi connectivity index (χ4n) is 16.6. The number of benzene rings is 13. The van der Waals surface area contributed by atoms with E-state index in [0.29, 0.717) is 5.56 Å². The molecule has 111 heavy (non-hydrogen) atoms. The summed E-state index contributed by atoms with van der Waals surface area (Å²) in [5.41, 5.74) is 9.18. The Hall–Kier alpha value is -8.63. The van der Waals surface area contributed by atoms with E-state index in [2.05, 4.69) is 72.8 Å². The SMILES string of the molecule is CN(C)c1ccc(/C=C/c2ccc([C@H]3C[C@H](OP(=O)(O)OC[C@H]4O[C@@H](c5ccc6c7cccc8cccc(c9cccc5c96)c87)C[C@@H]4OP(=O)(O)OC[C@H]4O[C@@H](c5cc6cccc7ccc8cccc5c8c76)C[C@@H]4OP(=O)(O)OC[C@H]4O[C@@H](c5ccc(/C=C/c6ccc(N(C)C)cc6)cc5)C[C@@H]4O)[C@@H](CO)O3)cc2)cc1. The van der Waals surface area contributed by atoms with Crippen molar-refractivity contribution in [2.24, 2.45) is 0 Å². The van der Waals surface area contributed by atoms with Crippen LogP contribution in [0.25, 0.3) is 99.7 Å². The van der Waals surface area contributed by atoms with Gasteiger partial charge in [0.1, 0.15) is 42.7 Å². The molecule has 0 amide bonds. The van der Waals surface area contributed by atoms with Crippen LogP contribution in [0.1, 0.15) is 94.6 Å².